The molecule has 172 valence electrons. The van der Waals surface area contributed by atoms with Crippen LogP contribution in [0.25, 0.3) is 12.2 Å². The van der Waals surface area contributed by atoms with E-state index in [1.54, 1.807) is 0 Å². The number of rotatable bonds is 6. The van der Waals surface area contributed by atoms with Crippen LogP contribution in [0, 0.1) is 0 Å². The summed E-state index contributed by atoms with van der Waals surface area (Å²) in [5.41, 5.74) is 2.42. The van der Waals surface area contributed by atoms with Gasteiger partial charge in [-0.2, -0.15) is 4.98 Å². The van der Waals surface area contributed by atoms with Crippen molar-refractivity contribution in [2.24, 2.45) is 0 Å². The standard InChI is InChI=1S/C23H28ClN3O5/c24-8-7-18-17(6-3-15-1-4-16(5-2-15)27-9-11-29-12-10-27)25-23(26-18)32-20-14-31-21-19(28)13-30-22(20)21/h1-2,4-7,19-22,28H,3,8-14H2,(H,25,26)/b17-6+,18-7+/t19-,20-,21-,22-/m1/s1. The zero-order valence-corrected chi connectivity index (χ0v) is 18.5. The molecule has 1 aromatic carbocycles. The van der Waals surface area contributed by atoms with Crippen LogP contribution >= 0.6 is 11.6 Å². The van der Waals surface area contributed by atoms with Crippen LogP contribution in [0.1, 0.15) is 5.56 Å². The number of hydrogen-bond acceptors (Lipinski definition) is 7. The number of aromatic amines is 1. The normalized spacial score (nSPS) is 29.0. The summed E-state index contributed by atoms with van der Waals surface area (Å²) >= 11 is 5.95. The molecule has 0 unspecified atom stereocenters. The van der Waals surface area contributed by atoms with E-state index in [2.05, 4.69) is 45.2 Å². The Morgan fingerprint density at radius 2 is 1.91 bits per heavy atom. The van der Waals surface area contributed by atoms with Gasteiger partial charge in [-0.1, -0.05) is 18.2 Å². The van der Waals surface area contributed by atoms with Gasteiger partial charge in [-0.05, 0) is 30.2 Å². The molecule has 3 saturated heterocycles. The number of aromatic nitrogens is 2. The quantitative estimate of drug-likeness (QED) is 0.594. The molecule has 2 aromatic rings. The van der Waals surface area contributed by atoms with E-state index in [1.165, 1.54) is 11.3 Å². The summed E-state index contributed by atoms with van der Waals surface area (Å²) in [7, 11) is 0. The van der Waals surface area contributed by atoms with Crippen LogP contribution in [-0.4, -0.2) is 84.9 Å². The minimum atomic E-state index is -0.608. The lowest BCUT2D eigenvalue weighted by atomic mass is 10.1. The highest BCUT2D eigenvalue weighted by molar-refractivity contribution is 6.20. The summed E-state index contributed by atoms with van der Waals surface area (Å²) in [5.74, 6) is 0.364. The van der Waals surface area contributed by atoms with Crippen molar-refractivity contribution in [1.29, 1.82) is 0 Å². The third kappa shape index (κ3) is 4.65. The number of H-pyrrole nitrogens is 1. The van der Waals surface area contributed by atoms with E-state index in [-0.39, 0.29) is 24.9 Å². The van der Waals surface area contributed by atoms with Crippen LogP contribution in [0.15, 0.2) is 24.3 Å². The summed E-state index contributed by atoms with van der Waals surface area (Å²) in [6.07, 6.45) is 3.14. The summed E-state index contributed by atoms with van der Waals surface area (Å²) in [6.45, 7) is 4.03. The summed E-state index contributed by atoms with van der Waals surface area (Å²) < 4.78 is 22.7. The molecule has 8 nitrogen and oxygen atoms in total. The smallest absolute Gasteiger partial charge is 0.295 e. The molecule has 9 heteroatoms. The molecule has 5 rings (SSSR count). The van der Waals surface area contributed by atoms with Crippen molar-refractivity contribution in [3.05, 3.63) is 40.5 Å². The Kier molecular flexibility index (Phi) is 6.66. The number of fused-ring (bicyclic) bond motifs is 1. The Morgan fingerprint density at radius 3 is 2.69 bits per heavy atom. The van der Waals surface area contributed by atoms with E-state index < -0.39 is 6.10 Å². The third-order valence-corrected chi connectivity index (χ3v) is 6.26. The van der Waals surface area contributed by atoms with Crippen LogP contribution in [0.4, 0.5) is 5.69 Å². The number of imidazole rings is 1. The van der Waals surface area contributed by atoms with E-state index in [1.807, 2.05) is 6.08 Å². The van der Waals surface area contributed by atoms with Gasteiger partial charge in [-0.15, -0.1) is 11.6 Å². The Labute approximate surface area is 191 Å². The lowest BCUT2D eigenvalue weighted by Gasteiger charge is -2.28. The highest BCUT2D eigenvalue weighted by Crippen LogP contribution is 2.28. The minimum absolute atomic E-state index is 0.266. The first-order chi connectivity index (χ1) is 15.7. The number of nitrogens with one attached hydrogen (secondary N) is 1. The van der Waals surface area contributed by atoms with Crippen LogP contribution in [0.5, 0.6) is 6.01 Å². The second-order valence-electron chi connectivity index (χ2n) is 8.19. The van der Waals surface area contributed by atoms with Gasteiger partial charge in [0.2, 0.25) is 0 Å². The molecule has 0 saturated carbocycles. The van der Waals surface area contributed by atoms with E-state index in [9.17, 15) is 5.11 Å². The Hall–Kier alpha value is -2.10. The van der Waals surface area contributed by atoms with Gasteiger partial charge in [0.1, 0.15) is 18.3 Å². The molecule has 0 radical (unpaired) electrons. The maximum absolute atomic E-state index is 9.91. The average Bonchev–Trinajstić information content (AvgIpc) is 3.51. The van der Waals surface area contributed by atoms with Crippen molar-refractivity contribution < 1.29 is 24.1 Å². The van der Waals surface area contributed by atoms with Gasteiger partial charge < -0.3 is 33.9 Å². The molecule has 2 N–H and O–H groups in total. The molecule has 3 aliphatic heterocycles. The average molecular weight is 462 g/mol. The number of halogens is 1. The van der Waals surface area contributed by atoms with Gasteiger partial charge in [-0.3, -0.25) is 0 Å². The molecular formula is C23H28ClN3O5. The Balaban J connectivity index is 1.29. The van der Waals surface area contributed by atoms with Crippen molar-refractivity contribution >= 4 is 29.4 Å². The fourth-order valence-corrected chi connectivity index (χ4v) is 4.54. The summed E-state index contributed by atoms with van der Waals surface area (Å²) in [5, 5.41) is 11.5. The van der Waals surface area contributed by atoms with Gasteiger partial charge >= 0.3 is 0 Å². The first kappa shape index (κ1) is 21.7. The second-order valence-corrected chi connectivity index (χ2v) is 8.50. The summed E-state index contributed by atoms with van der Waals surface area (Å²) in [6, 6.07) is 9.01. The molecule has 0 bridgehead atoms. The summed E-state index contributed by atoms with van der Waals surface area (Å²) in [4.78, 5) is 10.1. The maximum Gasteiger partial charge on any atom is 0.295 e. The van der Waals surface area contributed by atoms with E-state index in [0.29, 0.717) is 18.5 Å². The molecule has 4 heterocycles. The largest absolute Gasteiger partial charge is 0.456 e. The van der Waals surface area contributed by atoms with E-state index in [0.717, 1.165) is 43.4 Å². The van der Waals surface area contributed by atoms with Gasteiger partial charge in [0.05, 0.1) is 37.1 Å². The molecule has 0 spiro atoms. The first-order valence-corrected chi connectivity index (χ1v) is 11.6. The monoisotopic (exact) mass is 461 g/mol. The number of hydrogen-bond donors (Lipinski definition) is 2. The number of ether oxygens (including phenoxy) is 4. The number of aliphatic hydroxyl groups excluding tert-OH is 1. The van der Waals surface area contributed by atoms with Crippen LogP contribution in [0.3, 0.4) is 0 Å². The van der Waals surface area contributed by atoms with E-state index >= 15 is 0 Å². The molecule has 0 amide bonds. The number of morpholine rings is 1. The molecular weight excluding hydrogens is 434 g/mol. The molecule has 32 heavy (non-hydrogen) atoms. The van der Waals surface area contributed by atoms with E-state index in [4.69, 9.17) is 30.5 Å². The number of benzene rings is 1. The number of nitrogens with zero attached hydrogens (tertiary/aromatic N) is 2. The molecule has 3 fully saturated rings. The molecule has 4 atom stereocenters. The Morgan fingerprint density at radius 1 is 1.12 bits per heavy atom. The highest BCUT2D eigenvalue weighted by atomic mass is 35.5. The second kappa shape index (κ2) is 9.80. The molecule has 0 aliphatic carbocycles. The highest BCUT2D eigenvalue weighted by Gasteiger charge is 2.48. The fraction of sp³-hybridized carbons (Fsp3) is 0.522. The van der Waals surface area contributed by atoms with Gasteiger partial charge in [-0.25, -0.2) is 0 Å². The van der Waals surface area contributed by atoms with Crippen molar-refractivity contribution in [3.63, 3.8) is 0 Å². The minimum Gasteiger partial charge on any atom is -0.456 e. The van der Waals surface area contributed by atoms with Crippen molar-refractivity contribution in [2.45, 2.75) is 30.8 Å². The van der Waals surface area contributed by atoms with Crippen molar-refractivity contribution in [1.82, 2.24) is 9.97 Å². The number of anilines is 1. The van der Waals surface area contributed by atoms with Gasteiger partial charge in [0, 0.05) is 24.7 Å². The lowest BCUT2D eigenvalue weighted by molar-refractivity contribution is 0.00695. The van der Waals surface area contributed by atoms with Crippen LogP contribution < -0.4 is 20.3 Å². The lowest BCUT2D eigenvalue weighted by Crippen LogP contribution is -2.36. The van der Waals surface area contributed by atoms with Crippen LogP contribution in [-0.2, 0) is 20.6 Å². The fourth-order valence-electron chi connectivity index (χ4n) is 4.39. The predicted octanol–water partition coefficient (Wildman–Crippen LogP) is 0.195. The Bertz CT molecular complexity index is 1020. The van der Waals surface area contributed by atoms with Crippen molar-refractivity contribution in [2.75, 3.05) is 50.3 Å². The predicted molar refractivity (Wildman–Crippen MR) is 121 cm³/mol. The number of alkyl halides is 1. The van der Waals surface area contributed by atoms with Crippen LogP contribution in [0.2, 0.25) is 0 Å². The zero-order valence-electron chi connectivity index (χ0n) is 17.8. The first-order valence-electron chi connectivity index (χ1n) is 11.0. The van der Waals surface area contributed by atoms with Gasteiger partial charge in [0.15, 0.2) is 6.10 Å². The number of aliphatic hydroxyl groups is 1. The SMILES string of the molecule is O[C@@H]1CO[C@H]2[C@@H]1OC[C@H]2Oc1nc(=C/Cc2ccc(N3CCOCC3)cc2)/c(=C\CCl)[nH]1. The third-order valence-electron chi connectivity index (χ3n) is 6.11. The molecule has 1 aromatic heterocycles. The maximum atomic E-state index is 9.91. The molecule has 3 aliphatic rings. The van der Waals surface area contributed by atoms with Gasteiger partial charge in [0.25, 0.3) is 6.01 Å². The topological polar surface area (TPSA) is 89.1 Å². The van der Waals surface area contributed by atoms with Crippen molar-refractivity contribution in [3.8, 4) is 6.01 Å². The zero-order chi connectivity index (χ0) is 21.9.